The van der Waals surface area contributed by atoms with Crippen LogP contribution in [0.4, 0.5) is 11.5 Å². The van der Waals surface area contributed by atoms with E-state index in [-0.39, 0.29) is 23.1 Å². The molecule has 6 nitrogen and oxygen atoms in total. The summed E-state index contributed by atoms with van der Waals surface area (Å²) in [7, 11) is 0. The Morgan fingerprint density at radius 1 is 1.65 bits per heavy atom. The van der Waals surface area contributed by atoms with Crippen LogP contribution in [-0.2, 0) is 0 Å². The highest BCUT2D eigenvalue weighted by Gasteiger charge is 2.23. The number of anilines is 1. The number of halogens is 1. The van der Waals surface area contributed by atoms with Crippen molar-refractivity contribution in [3.63, 3.8) is 0 Å². The summed E-state index contributed by atoms with van der Waals surface area (Å²) in [4.78, 5) is 14.2. The summed E-state index contributed by atoms with van der Waals surface area (Å²) >= 11 is 5.66. The second kappa shape index (κ2) is 5.29. The van der Waals surface area contributed by atoms with Gasteiger partial charge in [-0.05, 0) is 20.3 Å². The van der Waals surface area contributed by atoms with Gasteiger partial charge in [-0.3, -0.25) is 10.1 Å². The van der Waals surface area contributed by atoms with Crippen molar-refractivity contribution in [3.8, 4) is 0 Å². The number of aromatic nitrogens is 1. The lowest BCUT2D eigenvalue weighted by Gasteiger charge is -2.25. The van der Waals surface area contributed by atoms with E-state index in [1.165, 1.54) is 12.3 Å². The average Bonchev–Trinajstić information content (AvgIpc) is 2.20. The highest BCUT2D eigenvalue weighted by Crippen LogP contribution is 2.28. The standard InChI is InChI=1S/C10H14ClN3O3/c1-10(2,3-4-15)13-9-8(14(16)17)5-7(11)6-12-9/h5-6,15H,3-4H2,1-2H3,(H,12,13). The first kappa shape index (κ1) is 13.7. The van der Waals surface area contributed by atoms with Crippen LogP contribution in [0.2, 0.25) is 5.02 Å². The third-order valence-corrected chi connectivity index (χ3v) is 2.43. The van der Waals surface area contributed by atoms with Gasteiger partial charge in [0.25, 0.3) is 0 Å². The van der Waals surface area contributed by atoms with Crippen LogP contribution in [0.5, 0.6) is 0 Å². The largest absolute Gasteiger partial charge is 0.396 e. The molecule has 0 saturated heterocycles. The van der Waals surface area contributed by atoms with E-state index in [1.807, 2.05) is 13.8 Å². The Morgan fingerprint density at radius 2 is 2.29 bits per heavy atom. The first-order valence-electron chi connectivity index (χ1n) is 5.05. The molecule has 0 fully saturated rings. The van der Waals surface area contributed by atoms with Crippen molar-refractivity contribution in [2.45, 2.75) is 25.8 Å². The zero-order valence-corrected chi connectivity index (χ0v) is 10.4. The number of nitro groups is 1. The monoisotopic (exact) mass is 259 g/mol. The van der Waals surface area contributed by atoms with Gasteiger partial charge < -0.3 is 10.4 Å². The number of rotatable bonds is 5. The summed E-state index contributed by atoms with van der Waals surface area (Å²) in [6.07, 6.45) is 1.79. The SMILES string of the molecule is CC(C)(CCO)Nc1ncc(Cl)cc1[N+](=O)[O-]. The predicted octanol–water partition coefficient (Wildman–Crippen LogP) is 2.22. The third kappa shape index (κ3) is 3.83. The van der Waals surface area contributed by atoms with Crippen LogP contribution >= 0.6 is 11.6 Å². The molecule has 1 aromatic heterocycles. The van der Waals surface area contributed by atoms with E-state index in [9.17, 15) is 10.1 Å². The minimum absolute atomic E-state index is 0.0125. The number of hydrogen-bond donors (Lipinski definition) is 2. The Hall–Kier alpha value is -1.40. The van der Waals surface area contributed by atoms with Crippen molar-refractivity contribution < 1.29 is 10.0 Å². The lowest BCUT2D eigenvalue weighted by atomic mass is 10.0. The van der Waals surface area contributed by atoms with Gasteiger partial charge in [-0.1, -0.05) is 11.6 Å². The average molecular weight is 260 g/mol. The van der Waals surface area contributed by atoms with Gasteiger partial charge in [0.2, 0.25) is 5.82 Å². The molecule has 0 aliphatic rings. The molecule has 0 amide bonds. The van der Waals surface area contributed by atoms with Gasteiger partial charge in [0.05, 0.1) is 9.95 Å². The van der Waals surface area contributed by atoms with Crippen molar-refractivity contribution in [1.82, 2.24) is 4.98 Å². The van der Waals surface area contributed by atoms with E-state index in [4.69, 9.17) is 16.7 Å². The number of aliphatic hydroxyl groups excluding tert-OH is 1. The molecule has 7 heteroatoms. The Morgan fingerprint density at radius 3 is 2.82 bits per heavy atom. The summed E-state index contributed by atoms with van der Waals surface area (Å²) in [6, 6.07) is 1.24. The van der Waals surface area contributed by atoms with E-state index in [2.05, 4.69) is 10.3 Å². The molecule has 2 N–H and O–H groups in total. The Labute approximate surface area is 104 Å². The van der Waals surface area contributed by atoms with Crippen LogP contribution in [0.3, 0.4) is 0 Å². The zero-order chi connectivity index (χ0) is 13.1. The fourth-order valence-corrected chi connectivity index (χ4v) is 1.48. The van der Waals surface area contributed by atoms with Gasteiger partial charge >= 0.3 is 5.69 Å². The van der Waals surface area contributed by atoms with Crippen LogP contribution in [-0.4, -0.2) is 27.2 Å². The van der Waals surface area contributed by atoms with Gasteiger partial charge in [-0.15, -0.1) is 0 Å². The summed E-state index contributed by atoms with van der Waals surface area (Å²) in [5, 5.41) is 22.9. The molecule has 0 aliphatic carbocycles. The molecule has 94 valence electrons. The third-order valence-electron chi connectivity index (χ3n) is 2.22. The summed E-state index contributed by atoms with van der Waals surface area (Å²) in [6.45, 7) is 3.63. The second-order valence-electron chi connectivity index (χ2n) is 4.26. The molecule has 0 radical (unpaired) electrons. The maximum atomic E-state index is 10.8. The maximum Gasteiger partial charge on any atom is 0.312 e. The summed E-state index contributed by atoms with van der Waals surface area (Å²) < 4.78 is 0. The molecule has 0 spiro atoms. The number of nitrogens with one attached hydrogen (secondary N) is 1. The van der Waals surface area contributed by atoms with Crippen LogP contribution in [0, 0.1) is 10.1 Å². The molecule has 0 bridgehead atoms. The molecular formula is C10H14ClN3O3. The van der Waals surface area contributed by atoms with E-state index in [0.717, 1.165) is 0 Å². The number of pyridine rings is 1. The van der Waals surface area contributed by atoms with E-state index in [0.29, 0.717) is 6.42 Å². The molecule has 1 heterocycles. The zero-order valence-electron chi connectivity index (χ0n) is 9.61. The van der Waals surface area contributed by atoms with Gasteiger partial charge in [0.15, 0.2) is 0 Å². The number of hydrogen-bond acceptors (Lipinski definition) is 5. The molecular weight excluding hydrogens is 246 g/mol. The predicted molar refractivity (Wildman–Crippen MR) is 65.3 cm³/mol. The van der Waals surface area contributed by atoms with E-state index >= 15 is 0 Å². The fraction of sp³-hybridized carbons (Fsp3) is 0.500. The normalized spacial score (nSPS) is 11.3. The van der Waals surface area contributed by atoms with Crippen molar-refractivity contribution in [2.24, 2.45) is 0 Å². The van der Waals surface area contributed by atoms with Crippen LogP contribution in [0.25, 0.3) is 0 Å². The lowest BCUT2D eigenvalue weighted by molar-refractivity contribution is -0.384. The van der Waals surface area contributed by atoms with Crippen molar-refractivity contribution in [3.05, 3.63) is 27.4 Å². The van der Waals surface area contributed by atoms with Crippen molar-refractivity contribution in [1.29, 1.82) is 0 Å². The molecule has 0 unspecified atom stereocenters. The minimum atomic E-state index is -0.545. The Balaban J connectivity index is 3.02. The van der Waals surface area contributed by atoms with Gasteiger partial charge in [-0.2, -0.15) is 0 Å². The van der Waals surface area contributed by atoms with Gasteiger partial charge in [-0.25, -0.2) is 4.98 Å². The fourth-order valence-electron chi connectivity index (χ4n) is 1.33. The highest BCUT2D eigenvalue weighted by molar-refractivity contribution is 6.30. The number of nitrogens with zero attached hydrogens (tertiary/aromatic N) is 2. The van der Waals surface area contributed by atoms with Crippen molar-refractivity contribution in [2.75, 3.05) is 11.9 Å². The molecule has 0 aliphatic heterocycles. The molecule has 1 rings (SSSR count). The minimum Gasteiger partial charge on any atom is -0.396 e. The van der Waals surface area contributed by atoms with Crippen LogP contribution in [0.15, 0.2) is 12.3 Å². The topological polar surface area (TPSA) is 88.3 Å². The summed E-state index contributed by atoms with van der Waals surface area (Å²) in [5.41, 5.74) is -0.663. The molecule has 0 saturated carbocycles. The number of aliphatic hydroxyl groups is 1. The van der Waals surface area contributed by atoms with Crippen LogP contribution in [0.1, 0.15) is 20.3 Å². The quantitative estimate of drug-likeness (QED) is 0.625. The molecule has 0 aromatic carbocycles. The van der Waals surface area contributed by atoms with Crippen LogP contribution < -0.4 is 5.32 Å². The molecule has 1 aromatic rings. The molecule has 17 heavy (non-hydrogen) atoms. The van der Waals surface area contributed by atoms with Gasteiger partial charge in [0, 0.05) is 24.4 Å². The highest BCUT2D eigenvalue weighted by atomic mass is 35.5. The second-order valence-corrected chi connectivity index (χ2v) is 4.70. The molecule has 0 atom stereocenters. The Kier molecular flexibility index (Phi) is 4.25. The smallest absolute Gasteiger partial charge is 0.312 e. The van der Waals surface area contributed by atoms with Crippen molar-refractivity contribution >= 4 is 23.1 Å². The van der Waals surface area contributed by atoms with Gasteiger partial charge in [0.1, 0.15) is 0 Å². The summed E-state index contributed by atoms with van der Waals surface area (Å²) in [5.74, 6) is 0.151. The van der Waals surface area contributed by atoms with E-state index in [1.54, 1.807) is 0 Å². The Bertz CT molecular complexity index is 423. The first-order valence-corrected chi connectivity index (χ1v) is 5.42. The maximum absolute atomic E-state index is 10.8. The van der Waals surface area contributed by atoms with E-state index < -0.39 is 10.5 Å². The lowest BCUT2D eigenvalue weighted by Crippen LogP contribution is -2.32. The first-order chi connectivity index (χ1) is 7.85.